The lowest BCUT2D eigenvalue weighted by Gasteiger charge is -2.09. The van der Waals surface area contributed by atoms with E-state index in [1.54, 1.807) is 22.7 Å². The van der Waals surface area contributed by atoms with Crippen LogP contribution in [0.15, 0.2) is 97.1 Å². The summed E-state index contributed by atoms with van der Waals surface area (Å²) in [5.74, 6) is 1.66. The number of hydrogen-bond donors (Lipinski definition) is 0. The third kappa shape index (κ3) is 8.27. The monoisotopic (exact) mass is 650 g/mol. The van der Waals surface area contributed by atoms with Crippen LogP contribution in [0.3, 0.4) is 0 Å². The number of aryl methyl sites for hydroxylation is 2. The highest BCUT2D eigenvalue weighted by molar-refractivity contribution is 7.19. The number of ether oxygens (including phenoxy) is 4. The molecule has 0 atom stereocenters. The summed E-state index contributed by atoms with van der Waals surface area (Å²) < 4.78 is 30.0. The fourth-order valence-electron chi connectivity index (χ4n) is 4.98. The molecule has 6 nitrogen and oxygen atoms in total. The van der Waals surface area contributed by atoms with Gasteiger partial charge in [-0.15, -0.1) is 0 Å². The zero-order chi connectivity index (χ0) is 31.6. The maximum Gasteiger partial charge on any atom is 0.262 e. The van der Waals surface area contributed by atoms with Crippen molar-refractivity contribution in [1.82, 2.24) is 0 Å². The molecule has 0 spiro atoms. The van der Waals surface area contributed by atoms with Crippen LogP contribution < -0.4 is 18.6 Å². The lowest BCUT2D eigenvalue weighted by molar-refractivity contribution is -0.642. The van der Waals surface area contributed by atoms with Crippen molar-refractivity contribution in [1.29, 1.82) is 0 Å². The van der Waals surface area contributed by atoms with E-state index in [0.717, 1.165) is 22.6 Å². The lowest BCUT2D eigenvalue weighted by atomic mass is 10.2. The van der Waals surface area contributed by atoms with Crippen LogP contribution in [0, 0.1) is 0 Å². The zero-order valence-electron chi connectivity index (χ0n) is 26.1. The summed E-state index contributed by atoms with van der Waals surface area (Å²) in [6.07, 6.45) is 8.58. The van der Waals surface area contributed by atoms with Crippen LogP contribution in [0.2, 0.25) is 0 Å². The number of fused-ring (bicyclic) bond motifs is 2. The molecule has 0 unspecified atom stereocenters. The number of nitrogens with zero attached hydrogens (tertiary/aromatic N) is 2. The molecule has 234 valence electrons. The Balaban J connectivity index is 0.816. The van der Waals surface area contributed by atoms with Crippen LogP contribution in [0.25, 0.3) is 44.7 Å². The van der Waals surface area contributed by atoms with Gasteiger partial charge in [0.1, 0.15) is 48.2 Å². The Morgan fingerprint density at radius 2 is 0.870 bits per heavy atom. The normalized spacial score (nSPS) is 11.8. The van der Waals surface area contributed by atoms with E-state index in [9.17, 15) is 0 Å². The van der Waals surface area contributed by atoms with Crippen molar-refractivity contribution in [3.63, 3.8) is 0 Å². The highest BCUT2D eigenvalue weighted by Gasteiger charge is 2.14. The standard InChI is InChI=1S/C38H38N2O4S2/c1-39-33-7-3-5-9-35(33)45-37(39)21-15-29-11-17-31(18-12-29)43-27-25-41-23-24-42-26-28-44-32-19-13-30(14-20-32)16-22-38-40(2)34-8-4-6-10-36(34)46-38/h3-22H,23-28H2,1-2H3/q+2. The fraction of sp³-hybridized carbons (Fsp3) is 0.211. The second kappa shape index (κ2) is 15.8. The molecule has 0 amide bonds. The van der Waals surface area contributed by atoms with Crippen LogP contribution >= 0.6 is 22.7 Å². The van der Waals surface area contributed by atoms with Gasteiger partial charge in [0, 0.05) is 24.3 Å². The molecule has 0 aliphatic rings. The lowest BCUT2D eigenvalue weighted by Crippen LogP contribution is -2.28. The third-order valence-corrected chi connectivity index (χ3v) is 9.87. The van der Waals surface area contributed by atoms with Gasteiger partial charge in [-0.25, -0.2) is 0 Å². The second-order valence-electron chi connectivity index (χ2n) is 10.7. The van der Waals surface area contributed by atoms with Gasteiger partial charge in [-0.3, -0.25) is 0 Å². The number of thiazole rings is 2. The minimum absolute atomic E-state index is 0.490. The molecule has 0 saturated carbocycles. The third-order valence-electron chi connectivity index (χ3n) is 7.51. The first kappa shape index (κ1) is 31.6. The fourth-order valence-corrected chi connectivity index (χ4v) is 7.08. The Morgan fingerprint density at radius 1 is 0.478 bits per heavy atom. The van der Waals surface area contributed by atoms with E-state index in [1.165, 1.54) is 30.4 Å². The molecule has 2 heterocycles. The molecule has 4 aromatic carbocycles. The quantitative estimate of drug-likeness (QED) is 0.0849. The van der Waals surface area contributed by atoms with Crippen LogP contribution in [-0.4, -0.2) is 39.6 Å². The van der Waals surface area contributed by atoms with Gasteiger partial charge in [-0.1, -0.05) is 71.2 Å². The van der Waals surface area contributed by atoms with E-state index >= 15 is 0 Å². The smallest absolute Gasteiger partial charge is 0.262 e. The molecule has 0 aliphatic carbocycles. The maximum absolute atomic E-state index is 5.82. The summed E-state index contributed by atoms with van der Waals surface area (Å²) in [5.41, 5.74) is 4.76. The van der Waals surface area contributed by atoms with Crippen LogP contribution in [0.4, 0.5) is 0 Å². The molecule has 6 aromatic rings. The van der Waals surface area contributed by atoms with Crippen molar-refractivity contribution in [3.8, 4) is 11.5 Å². The van der Waals surface area contributed by atoms with Crippen molar-refractivity contribution in [2.75, 3.05) is 39.6 Å². The Hall–Kier alpha value is -4.34. The first-order valence-electron chi connectivity index (χ1n) is 15.4. The SMILES string of the molecule is C[n+]1c(C=Cc2ccc(OCCOCCOCCOc3ccc(C=Cc4sc5ccccc5[n+]4C)cc3)cc2)sc2ccccc21. The number of rotatable bonds is 15. The molecule has 0 bridgehead atoms. The van der Waals surface area contributed by atoms with Crippen LogP contribution in [0.5, 0.6) is 11.5 Å². The summed E-state index contributed by atoms with van der Waals surface area (Å²) in [6.45, 7) is 3.02. The van der Waals surface area contributed by atoms with Crippen molar-refractivity contribution in [2.24, 2.45) is 14.1 Å². The van der Waals surface area contributed by atoms with Crippen molar-refractivity contribution < 1.29 is 28.1 Å². The predicted molar refractivity (Wildman–Crippen MR) is 189 cm³/mol. The van der Waals surface area contributed by atoms with Gasteiger partial charge in [-0.05, 0) is 59.7 Å². The maximum atomic E-state index is 5.82. The van der Waals surface area contributed by atoms with E-state index in [0.29, 0.717) is 39.6 Å². The van der Waals surface area contributed by atoms with Gasteiger partial charge in [0.05, 0.1) is 26.4 Å². The molecule has 0 fully saturated rings. The van der Waals surface area contributed by atoms with Crippen molar-refractivity contribution in [2.45, 2.75) is 0 Å². The van der Waals surface area contributed by atoms with E-state index < -0.39 is 0 Å². The molecular formula is C38H38N2O4S2+2. The van der Waals surface area contributed by atoms with Gasteiger partial charge >= 0.3 is 0 Å². The molecule has 2 aromatic heterocycles. The van der Waals surface area contributed by atoms with E-state index in [1.807, 2.05) is 24.3 Å². The average molecular weight is 651 g/mol. The van der Waals surface area contributed by atoms with Gasteiger partial charge in [0.2, 0.25) is 11.0 Å². The summed E-state index contributed by atoms with van der Waals surface area (Å²) in [7, 11) is 4.21. The molecule has 0 radical (unpaired) electrons. The molecule has 6 rings (SSSR count). The van der Waals surface area contributed by atoms with E-state index in [4.69, 9.17) is 18.9 Å². The molecule has 46 heavy (non-hydrogen) atoms. The van der Waals surface area contributed by atoms with E-state index in [2.05, 4.69) is 120 Å². The molecule has 0 N–H and O–H groups in total. The van der Waals surface area contributed by atoms with Gasteiger partial charge in [0.25, 0.3) is 10.0 Å². The van der Waals surface area contributed by atoms with Crippen molar-refractivity contribution in [3.05, 3.63) is 118 Å². The van der Waals surface area contributed by atoms with Gasteiger partial charge in [0.15, 0.2) is 0 Å². The highest BCUT2D eigenvalue weighted by Crippen LogP contribution is 2.23. The topological polar surface area (TPSA) is 44.7 Å². The summed E-state index contributed by atoms with van der Waals surface area (Å²) >= 11 is 3.58. The summed E-state index contributed by atoms with van der Waals surface area (Å²) in [4.78, 5) is 0. The van der Waals surface area contributed by atoms with Gasteiger partial charge < -0.3 is 18.9 Å². The molecular weight excluding hydrogens is 613 g/mol. The minimum atomic E-state index is 0.490. The number of para-hydroxylation sites is 2. The largest absolute Gasteiger partial charge is 0.491 e. The second-order valence-corrected chi connectivity index (χ2v) is 12.8. The molecule has 0 saturated heterocycles. The van der Waals surface area contributed by atoms with Crippen LogP contribution in [0.1, 0.15) is 21.1 Å². The Morgan fingerprint density at radius 3 is 1.28 bits per heavy atom. The zero-order valence-corrected chi connectivity index (χ0v) is 27.8. The molecule has 8 heteroatoms. The minimum Gasteiger partial charge on any atom is -0.491 e. The Labute approximate surface area is 278 Å². The number of benzene rings is 4. The number of hydrogen-bond acceptors (Lipinski definition) is 6. The highest BCUT2D eigenvalue weighted by atomic mass is 32.1. The average Bonchev–Trinajstić information content (AvgIpc) is 3.60. The van der Waals surface area contributed by atoms with Crippen LogP contribution in [-0.2, 0) is 23.6 Å². The Kier molecular flexibility index (Phi) is 10.9. The van der Waals surface area contributed by atoms with E-state index in [-0.39, 0.29) is 0 Å². The summed E-state index contributed by atoms with van der Waals surface area (Å²) in [6, 6.07) is 33.1. The molecule has 0 aliphatic heterocycles. The Bertz CT molecular complexity index is 1780. The first-order chi connectivity index (χ1) is 22.6. The predicted octanol–water partition coefficient (Wildman–Crippen LogP) is 7.60. The van der Waals surface area contributed by atoms with Gasteiger partial charge in [-0.2, -0.15) is 9.13 Å². The first-order valence-corrected chi connectivity index (χ1v) is 17.0. The summed E-state index contributed by atoms with van der Waals surface area (Å²) in [5, 5.41) is 2.42. The van der Waals surface area contributed by atoms with Crippen molar-refractivity contribution >= 4 is 67.4 Å². The number of aromatic nitrogens is 2.